The molecule has 0 amide bonds. The predicted molar refractivity (Wildman–Crippen MR) is 120 cm³/mol. The molecule has 0 bridgehead atoms. The minimum Gasteiger partial charge on any atom is -0.467 e. The van der Waals surface area contributed by atoms with Crippen LogP contribution in [-0.2, 0) is 16.1 Å². The van der Waals surface area contributed by atoms with Crippen molar-refractivity contribution < 1.29 is 9.53 Å². The van der Waals surface area contributed by atoms with E-state index in [0.29, 0.717) is 23.6 Å². The van der Waals surface area contributed by atoms with Crippen molar-refractivity contribution in [2.75, 3.05) is 12.0 Å². The van der Waals surface area contributed by atoms with E-state index in [9.17, 15) is 9.59 Å². The van der Waals surface area contributed by atoms with Crippen LogP contribution in [0.25, 0.3) is 5.65 Å². The third kappa shape index (κ3) is 3.49. The van der Waals surface area contributed by atoms with Crippen molar-refractivity contribution in [1.82, 2.24) is 14.7 Å². The molecule has 1 aliphatic rings. The Morgan fingerprint density at radius 1 is 1.16 bits per heavy atom. The van der Waals surface area contributed by atoms with Crippen LogP contribution in [0.2, 0.25) is 0 Å². The Morgan fingerprint density at radius 2 is 1.84 bits per heavy atom. The minimum atomic E-state index is -1.16. The molecule has 1 aromatic carbocycles. The van der Waals surface area contributed by atoms with E-state index in [-0.39, 0.29) is 11.1 Å². The van der Waals surface area contributed by atoms with Gasteiger partial charge in [-0.3, -0.25) is 9.20 Å². The average Bonchev–Trinajstić information content (AvgIpc) is 2.96. The Bertz CT molecular complexity index is 1180. The second-order valence-corrected chi connectivity index (χ2v) is 9.12. The zero-order valence-corrected chi connectivity index (χ0v) is 18.5. The molecule has 7 nitrogen and oxygen atoms in total. The number of benzene rings is 1. The summed E-state index contributed by atoms with van der Waals surface area (Å²) >= 11 is 0. The lowest BCUT2D eigenvalue weighted by atomic mass is 9.88. The first-order valence-corrected chi connectivity index (χ1v) is 10.4. The fraction of sp³-hybridized carbons (Fsp3) is 0.375. The fourth-order valence-corrected chi connectivity index (χ4v) is 4.29. The fourth-order valence-electron chi connectivity index (χ4n) is 4.29. The van der Waals surface area contributed by atoms with Crippen LogP contribution in [0.3, 0.4) is 0 Å². The highest BCUT2D eigenvalue weighted by Crippen LogP contribution is 2.46. The van der Waals surface area contributed by atoms with E-state index in [1.165, 1.54) is 11.5 Å². The lowest BCUT2D eigenvalue weighted by molar-refractivity contribution is -0.147. The number of hydrogen-bond acceptors (Lipinski definition) is 6. The lowest BCUT2D eigenvalue weighted by Gasteiger charge is -2.40. The summed E-state index contributed by atoms with van der Waals surface area (Å²) in [5, 5.41) is 3.51. The van der Waals surface area contributed by atoms with Crippen LogP contribution >= 0.6 is 0 Å². The van der Waals surface area contributed by atoms with Crippen molar-refractivity contribution in [2.45, 2.75) is 51.4 Å². The highest BCUT2D eigenvalue weighted by molar-refractivity contribution is 5.89. The Morgan fingerprint density at radius 3 is 2.48 bits per heavy atom. The first-order valence-electron chi connectivity index (χ1n) is 10.4. The van der Waals surface area contributed by atoms with E-state index in [1.807, 2.05) is 69.0 Å². The molecule has 0 saturated carbocycles. The Balaban J connectivity index is 2.01. The lowest BCUT2D eigenvalue weighted by Crippen LogP contribution is -2.59. The van der Waals surface area contributed by atoms with Crippen molar-refractivity contribution in [1.29, 1.82) is 0 Å². The molecule has 7 heteroatoms. The number of carbonyl (C=O) groups excluding carboxylic acids is 1. The molecule has 0 saturated heterocycles. The number of methoxy groups -OCH3 is 1. The molecular formula is C24H28N4O3. The quantitative estimate of drug-likeness (QED) is 0.654. The molecule has 31 heavy (non-hydrogen) atoms. The molecule has 162 valence electrons. The maximum atomic E-state index is 13.6. The van der Waals surface area contributed by atoms with Gasteiger partial charge >= 0.3 is 5.97 Å². The topological polar surface area (TPSA) is 75.9 Å². The van der Waals surface area contributed by atoms with Gasteiger partial charge in [-0.25, -0.2) is 9.78 Å². The van der Waals surface area contributed by atoms with E-state index < -0.39 is 17.6 Å². The molecule has 0 unspecified atom stereocenters. The van der Waals surface area contributed by atoms with Gasteiger partial charge in [0.05, 0.1) is 18.7 Å². The zero-order valence-electron chi connectivity index (χ0n) is 18.5. The summed E-state index contributed by atoms with van der Waals surface area (Å²) in [5.41, 5.74) is 0.311. The molecule has 0 aliphatic carbocycles. The van der Waals surface area contributed by atoms with Gasteiger partial charge in [0.1, 0.15) is 11.5 Å². The number of hydrogen-bond donors (Lipinski definition) is 1. The van der Waals surface area contributed by atoms with E-state index in [4.69, 9.17) is 9.72 Å². The SMILES string of the molecule is COC(=O)[C@@]1(C)[C@H](NC(C)(C)C)c2c(nc3ccccn3c2=O)N1Cc1ccccc1. The highest BCUT2D eigenvalue weighted by Gasteiger charge is 2.57. The first kappa shape index (κ1) is 21.1. The van der Waals surface area contributed by atoms with Crippen LogP contribution in [0.4, 0.5) is 5.82 Å². The summed E-state index contributed by atoms with van der Waals surface area (Å²) in [7, 11) is 1.38. The maximum absolute atomic E-state index is 13.6. The van der Waals surface area contributed by atoms with Crippen LogP contribution in [0, 0.1) is 0 Å². The molecular weight excluding hydrogens is 392 g/mol. The molecule has 0 radical (unpaired) electrons. The number of pyridine rings is 1. The standard InChI is InChI=1S/C24H28N4O3/c1-23(2,3)26-19-18-20(25-17-13-9-10-14-27(17)21(18)29)28(24(19,4)22(30)31-5)15-16-11-7-6-8-12-16/h6-14,19,26H,15H2,1-5H3/t19-,24-/m1/s1. The second kappa shape index (κ2) is 7.50. The van der Waals surface area contributed by atoms with Gasteiger partial charge in [-0.2, -0.15) is 0 Å². The van der Waals surface area contributed by atoms with Gasteiger partial charge in [0.25, 0.3) is 5.56 Å². The molecule has 3 aromatic rings. The van der Waals surface area contributed by atoms with Crippen molar-refractivity contribution in [2.24, 2.45) is 0 Å². The monoisotopic (exact) mass is 420 g/mol. The van der Waals surface area contributed by atoms with Crippen molar-refractivity contribution in [3.8, 4) is 0 Å². The molecule has 1 aliphatic heterocycles. The van der Waals surface area contributed by atoms with E-state index in [1.54, 1.807) is 18.3 Å². The number of ether oxygens (including phenoxy) is 1. The van der Waals surface area contributed by atoms with Crippen molar-refractivity contribution in [3.63, 3.8) is 0 Å². The molecule has 3 heterocycles. The van der Waals surface area contributed by atoms with Crippen LogP contribution in [0.15, 0.2) is 59.5 Å². The van der Waals surface area contributed by atoms with Crippen LogP contribution in [0.1, 0.15) is 44.9 Å². The second-order valence-electron chi connectivity index (χ2n) is 9.12. The van der Waals surface area contributed by atoms with Crippen molar-refractivity contribution >= 4 is 17.4 Å². The number of esters is 1. The first-order chi connectivity index (χ1) is 14.7. The molecule has 2 atom stereocenters. The van der Waals surface area contributed by atoms with Gasteiger partial charge in [-0.1, -0.05) is 36.4 Å². The zero-order chi connectivity index (χ0) is 22.4. The summed E-state index contributed by atoms with van der Waals surface area (Å²) in [6, 6.07) is 14.7. The molecule has 1 N–H and O–H groups in total. The van der Waals surface area contributed by atoms with Crippen LogP contribution in [-0.4, -0.2) is 33.5 Å². The number of carbonyl (C=O) groups is 1. The van der Waals surface area contributed by atoms with Gasteiger partial charge < -0.3 is 15.0 Å². The van der Waals surface area contributed by atoms with E-state index in [0.717, 1.165) is 5.56 Å². The average molecular weight is 421 g/mol. The normalized spacial score (nSPS) is 20.7. The summed E-state index contributed by atoms with van der Waals surface area (Å²) in [6.07, 6.45) is 1.70. The number of fused-ring (bicyclic) bond motifs is 2. The van der Waals surface area contributed by atoms with E-state index >= 15 is 0 Å². The number of nitrogens with one attached hydrogen (secondary N) is 1. The molecule has 0 spiro atoms. The summed E-state index contributed by atoms with van der Waals surface area (Å²) < 4.78 is 6.79. The highest BCUT2D eigenvalue weighted by atomic mass is 16.5. The maximum Gasteiger partial charge on any atom is 0.333 e. The Kier molecular flexibility index (Phi) is 5.09. The molecule has 2 aromatic heterocycles. The third-order valence-corrected chi connectivity index (χ3v) is 5.78. The van der Waals surface area contributed by atoms with Crippen molar-refractivity contribution in [3.05, 3.63) is 76.2 Å². The minimum absolute atomic E-state index is 0.187. The number of anilines is 1. The number of rotatable bonds is 4. The van der Waals surface area contributed by atoms with Gasteiger partial charge in [-0.15, -0.1) is 0 Å². The molecule has 4 rings (SSSR count). The number of aromatic nitrogens is 2. The van der Waals surface area contributed by atoms with Crippen LogP contribution < -0.4 is 15.8 Å². The van der Waals surface area contributed by atoms with Crippen LogP contribution in [0.5, 0.6) is 0 Å². The largest absolute Gasteiger partial charge is 0.467 e. The van der Waals surface area contributed by atoms with Gasteiger partial charge in [0.15, 0.2) is 5.54 Å². The van der Waals surface area contributed by atoms with Gasteiger partial charge in [-0.05, 0) is 45.4 Å². The predicted octanol–water partition coefficient (Wildman–Crippen LogP) is 3.08. The smallest absolute Gasteiger partial charge is 0.333 e. The Hall–Kier alpha value is -3.19. The van der Waals surface area contributed by atoms with E-state index in [2.05, 4.69) is 5.32 Å². The third-order valence-electron chi connectivity index (χ3n) is 5.78. The van der Waals surface area contributed by atoms with Gasteiger partial charge in [0, 0.05) is 18.3 Å². The summed E-state index contributed by atoms with van der Waals surface area (Å²) in [4.78, 5) is 33.6. The number of nitrogens with zero attached hydrogens (tertiary/aromatic N) is 3. The summed E-state index contributed by atoms with van der Waals surface area (Å²) in [6.45, 7) is 8.27. The van der Waals surface area contributed by atoms with Gasteiger partial charge in [0.2, 0.25) is 0 Å². The Labute approximate surface area is 181 Å². The summed E-state index contributed by atoms with van der Waals surface area (Å²) in [5.74, 6) is 0.0892. The molecule has 0 fully saturated rings.